The molecule has 2 fully saturated rings. The van der Waals surface area contributed by atoms with Crippen molar-refractivity contribution in [1.82, 2.24) is 4.90 Å². The largest absolute Gasteiger partial charge is 0.374 e. The lowest BCUT2D eigenvalue weighted by molar-refractivity contribution is -0.0525. The SMILES string of the molecule is CCCN1CCOC(C(N)C2CCC(C)CC2)C1. The number of hydrogen-bond donors (Lipinski definition) is 1. The van der Waals surface area contributed by atoms with Crippen LogP contribution in [0.1, 0.15) is 46.0 Å². The van der Waals surface area contributed by atoms with Crippen molar-refractivity contribution in [3.63, 3.8) is 0 Å². The summed E-state index contributed by atoms with van der Waals surface area (Å²) in [5.74, 6) is 1.59. The minimum absolute atomic E-state index is 0.247. The van der Waals surface area contributed by atoms with Crippen LogP contribution < -0.4 is 5.73 Å². The Kier molecular flexibility index (Phi) is 5.46. The average Bonchev–Trinajstić information content (AvgIpc) is 2.39. The van der Waals surface area contributed by atoms with E-state index in [1.54, 1.807) is 0 Å². The van der Waals surface area contributed by atoms with Crippen molar-refractivity contribution in [3.05, 3.63) is 0 Å². The third-order valence-corrected chi connectivity index (χ3v) is 4.75. The normalized spacial score (nSPS) is 36.5. The van der Waals surface area contributed by atoms with Crippen LogP contribution in [-0.2, 0) is 4.74 Å². The van der Waals surface area contributed by atoms with Gasteiger partial charge < -0.3 is 10.5 Å². The van der Waals surface area contributed by atoms with Crippen LogP contribution in [0.3, 0.4) is 0 Å². The predicted molar refractivity (Wildman–Crippen MR) is 75.6 cm³/mol. The van der Waals surface area contributed by atoms with Crippen molar-refractivity contribution >= 4 is 0 Å². The van der Waals surface area contributed by atoms with Crippen LogP contribution in [0.2, 0.25) is 0 Å². The highest BCUT2D eigenvalue weighted by Crippen LogP contribution is 2.31. The van der Waals surface area contributed by atoms with Gasteiger partial charge in [-0.15, -0.1) is 0 Å². The average molecular weight is 254 g/mol. The fraction of sp³-hybridized carbons (Fsp3) is 1.00. The third-order valence-electron chi connectivity index (χ3n) is 4.75. The van der Waals surface area contributed by atoms with Crippen LogP contribution in [0, 0.1) is 11.8 Å². The molecular weight excluding hydrogens is 224 g/mol. The molecule has 106 valence electrons. The third kappa shape index (κ3) is 3.69. The molecule has 0 bridgehead atoms. The number of rotatable bonds is 4. The zero-order valence-corrected chi connectivity index (χ0v) is 12.1. The molecule has 0 amide bonds. The highest BCUT2D eigenvalue weighted by atomic mass is 16.5. The quantitative estimate of drug-likeness (QED) is 0.836. The molecule has 18 heavy (non-hydrogen) atoms. The molecule has 3 heteroatoms. The maximum Gasteiger partial charge on any atom is 0.0855 e. The van der Waals surface area contributed by atoms with E-state index in [-0.39, 0.29) is 12.1 Å². The zero-order chi connectivity index (χ0) is 13.0. The van der Waals surface area contributed by atoms with Crippen molar-refractivity contribution in [2.24, 2.45) is 17.6 Å². The Morgan fingerprint density at radius 1 is 1.28 bits per heavy atom. The van der Waals surface area contributed by atoms with E-state index in [4.69, 9.17) is 10.5 Å². The van der Waals surface area contributed by atoms with E-state index in [2.05, 4.69) is 18.7 Å². The number of hydrogen-bond acceptors (Lipinski definition) is 3. The molecule has 1 saturated carbocycles. The Morgan fingerprint density at radius 3 is 2.67 bits per heavy atom. The van der Waals surface area contributed by atoms with Crippen LogP contribution in [0.4, 0.5) is 0 Å². The molecule has 0 aromatic carbocycles. The Balaban J connectivity index is 1.82. The lowest BCUT2D eigenvalue weighted by atomic mass is 9.78. The van der Waals surface area contributed by atoms with Crippen LogP contribution >= 0.6 is 0 Å². The summed E-state index contributed by atoms with van der Waals surface area (Å²) in [6.07, 6.45) is 6.80. The minimum Gasteiger partial charge on any atom is -0.374 e. The van der Waals surface area contributed by atoms with Gasteiger partial charge in [-0.3, -0.25) is 4.90 Å². The molecule has 2 aliphatic rings. The summed E-state index contributed by atoms with van der Waals surface area (Å²) >= 11 is 0. The molecule has 0 aromatic rings. The van der Waals surface area contributed by atoms with Crippen LogP contribution in [0.25, 0.3) is 0 Å². The molecule has 2 unspecified atom stereocenters. The van der Waals surface area contributed by atoms with E-state index < -0.39 is 0 Å². The summed E-state index contributed by atoms with van der Waals surface area (Å²) in [6.45, 7) is 8.78. The summed E-state index contributed by atoms with van der Waals surface area (Å²) in [4.78, 5) is 2.51. The summed E-state index contributed by atoms with van der Waals surface area (Å²) in [7, 11) is 0. The van der Waals surface area contributed by atoms with Crippen LogP contribution in [-0.4, -0.2) is 43.3 Å². The molecule has 1 aliphatic heterocycles. The summed E-state index contributed by atoms with van der Waals surface area (Å²) in [6, 6.07) is 0.247. The van der Waals surface area contributed by atoms with Gasteiger partial charge in [0.2, 0.25) is 0 Å². The van der Waals surface area contributed by atoms with Gasteiger partial charge in [-0.05, 0) is 37.6 Å². The van der Waals surface area contributed by atoms with Gasteiger partial charge in [-0.1, -0.05) is 26.7 Å². The van der Waals surface area contributed by atoms with Crippen LogP contribution in [0.15, 0.2) is 0 Å². The van der Waals surface area contributed by atoms with Crippen molar-refractivity contribution in [3.8, 4) is 0 Å². The molecule has 1 aliphatic carbocycles. The zero-order valence-electron chi connectivity index (χ0n) is 12.1. The van der Waals surface area contributed by atoms with Gasteiger partial charge in [0.1, 0.15) is 0 Å². The Labute approximate surface area is 112 Å². The molecule has 1 saturated heterocycles. The first kappa shape index (κ1) is 14.3. The highest BCUT2D eigenvalue weighted by molar-refractivity contribution is 4.87. The molecule has 0 spiro atoms. The predicted octanol–water partition coefficient (Wildman–Crippen LogP) is 2.25. The lowest BCUT2D eigenvalue weighted by Crippen LogP contribution is -2.53. The van der Waals surface area contributed by atoms with Crippen molar-refractivity contribution in [2.75, 3.05) is 26.2 Å². The standard InChI is InChI=1S/C15H30N2O/c1-3-8-17-9-10-18-14(11-17)15(16)13-6-4-12(2)5-7-13/h12-15H,3-11,16H2,1-2H3. The number of nitrogens with two attached hydrogens (primary N) is 1. The van der Waals surface area contributed by atoms with Gasteiger partial charge in [0, 0.05) is 19.1 Å². The number of morpholine rings is 1. The second kappa shape index (κ2) is 6.88. The molecule has 2 rings (SSSR count). The molecule has 1 heterocycles. The second-order valence-corrected chi connectivity index (χ2v) is 6.31. The van der Waals surface area contributed by atoms with E-state index in [1.165, 1.54) is 38.6 Å². The Bertz CT molecular complexity index is 237. The van der Waals surface area contributed by atoms with E-state index >= 15 is 0 Å². The first-order valence-electron chi connectivity index (χ1n) is 7.80. The minimum atomic E-state index is 0.247. The summed E-state index contributed by atoms with van der Waals surface area (Å²) in [5, 5.41) is 0. The molecule has 2 N–H and O–H groups in total. The van der Waals surface area contributed by atoms with Crippen molar-refractivity contribution < 1.29 is 4.74 Å². The summed E-state index contributed by atoms with van der Waals surface area (Å²) < 4.78 is 5.93. The molecule has 0 radical (unpaired) electrons. The van der Waals surface area contributed by atoms with Crippen molar-refractivity contribution in [1.29, 1.82) is 0 Å². The fourth-order valence-corrected chi connectivity index (χ4v) is 3.46. The smallest absolute Gasteiger partial charge is 0.0855 e. The van der Waals surface area contributed by atoms with Gasteiger partial charge in [-0.25, -0.2) is 0 Å². The van der Waals surface area contributed by atoms with E-state index in [1.807, 2.05) is 0 Å². The number of ether oxygens (including phenoxy) is 1. The molecule has 0 aromatic heterocycles. The van der Waals surface area contributed by atoms with Gasteiger partial charge in [0.05, 0.1) is 12.7 Å². The molecular formula is C15H30N2O. The van der Waals surface area contributed by atoms with Gasteiger partial charge in [-0.2, -0.15) is 0 Å². The second-order valence-electron chi connectivity index (χ2n) is 6.31. The van der Waals surface area contributed by atoms with Gasteiger partial charge in [0.15, 0.2) is 0 Å². The Hall–Kier alpha value is -0.120. The lowest BCUT2D eigenvalue weighted by Gasteiger charge is -2.40. The maximum atomic E-state index is 6.48. The first-order chi connectivity index (χ1) is 8.70. The van der Waals surface area contributed by atoms with E-state index in [9.17, 15) is 0 Å². The molecule has 3 nitrogen and oxygen atoms in total. The van der Waals surface area contributed by atoms with Crippen LogP contribution in [0.5, 0.6) is 0 Å². The topological polar surface area (TPSA) is 38.5 Å². The fourth-order valence-electron chi connectivity index (χ4n) is 3.46. The highest BCUT2D eigenvalue weighted by Gasteiger charge is 2.32. The van der Waals surface area contributed by atoms with Crippen molar-refractivity contribution in [2.45, 2.75) is 58.1 Å². The molecule has 2 atom stereocenters. The van der Waals surface area contributed by atoms with Gasteiger partial charge in [0.25, 0.3) is 0 Å². The van der Waals surface area contributed by atoms with E-state index in [0.717, 1.165) is 25.6 Å². The maximum absolute atomic E-state index is 6.48. The van der Waals surface area contributed by atoms with Gasteiger partial charge >= 0.3 is 0 Å². The first-order valence-corrected chi connectivity index (χ1v) is 7.80. The Morgan fingerprint density at radius 2 is 2.00 bits per heavy atom. The number of nitrogens with zero attached hydrogens (tertiary/aromatic N) is 1. The monoisotopic (exact) mass is 254 g/mol. The van der Waals surface area contributed by atoms with E-state index in [0.29, 0.717) is 5.92 Å². The summed E-state index contributed by atoms with van der Waals surface area (Å²) in [5.41, 5.74) is 6.48.